The third-order valence-electron chi connectivity index (χ3n) is 2.82. The van der Waals surface area contributed by atoms with Crippen molar-refractivity contribution in [2.75, 3.05) is 5.32 Å². The molecule has 2 N–H and O–H groups in total. The number of anilines is 1. The average molecular weight is 291 g/mol. The Bertz CT molecular complexity index is 694. The minimum atomic E-state index is -0.102. The Labute approximate surface area is 118 Å². The van der Waals surface area contributed by atoms with Crippen molar-refractivity contribution in [2.24, 2.45) is 0 Å². The first-order chi connectivity index (χ1) is 9.13. The predicted molar refractivity (Wildman–Crippen MR) is 80.3 cm³/mol. The molecule has 3 aromatic rings. The van der Waals surface area contributed by atoms with Crippen LogP contribution in [0.3, 0.4) is 0 Å². The van der Waals surface area contributed by atoms with Gasteiger partial charge in [-0.2, -0.15) is 5.10 Å². The SMILES string of the molecule is CC(C)c1cc(NC(=O)c2cc3sccc3s2)n[nH]1. The van der Waals surface area contributed by atoms with Crippen LogP contribution in [-0.2, 0) is 0 Å². The topological polar surface area (TPSA) is 57.8 Å². The van der Waals surface area contributed by atoms with E-state index in [-0.39, 0.29) is 5.91 Å². The van der Waals surface area contributed by atoms with Crippen molar-refractivity contribution in [3.63, 3.8) is 0 Å². The van der Waals surface area contributed by atoms with Crippen LogP contribution in [0.15, 0.2) is 23.6 Å². The van der Waals surface area contributed by atoms with Gasteiger partial charge < -0.3 is 5.32 Å². The van der Waals surface area contributed by atoms with Gasteiger partial charge in [0.25, 0.3) is 5.91 Å². The molecule has 0 saturated carbocycles. The number of rotatable bonds is 3. The normalized spacial score (nSPS) is 11.3. The molecule has 3 aromatic heterocycles. The average Bonchev–Trinajstić information content (AvgIpc) is 3.02. The third-order valence-corrected chi connectivity index (χ3v) is 4.92. The van der Waals surface area contributed by atoms with Crippen LogP contribution in [0.1, 0.15) is 35.1 Å². The Morgan fingerprint density at radius 1 is 1.37 bits per heavy atom. The number of thiophene rings is 2. The fourth-order valence-corrected chi connectivity index (χ4v) is 3.76. The molecule has 3 heterocycles. The maximum atomic E-state index is 12.1. The largest absolute Gasteiger partial charge is 0.304 e. The van der Waals surface area contributed by atoms with Crippen LogP contribution in [0, 0.1) is 0 Å². The molecule has 0 unspecified atom stereocenters. The van der Waals surface area contributed by atoms with Crippen LogP contribution < -0.4 is 5.32 Å². The molecule has 98 valence electrons. The molecule has 1 amide bonds. The van der Waals surface area contributed by atoms with Gasteiger partial charge in [-0.3, -0.25) is 9.89 Å². The van der Waals surface area contributed by atoms with Crippen molar-refractivity contribution in [1.29, 1.82) is 0 Å². The number of aromatic nitrogens is 2. The maximum absolute atomic E-state index is 12.1. The minimum Gasteiger partial charge on any atom is -0.304 e. The van der Waals surface area contributed by atoms with Gasteiger partial charge in [0, 0.05) is 21.2 Å². The van der Waals surface area contributed by atoms with Gasteiger partial charge in [-0.15, -0.1) is 22.7 Å². The quantitative estimate of drug-likeness (QED) is 0.764. The molecule has 19 heavy (non-hydrogen) atoms. The van der Waals surface area contributed by atoms with Crippen molar-refractivity contribution in [1.82, 2.24) is 10.2 Å². The molecule has 6 heteroatoms. The van der Waals surface area contributed by atoms with E-state index in [1.54, 1.807) is 11.3 Å². The van der Waals surface area contributed by atoms with Crippen LogP contribution in [-0.4, -0.2) is 16.1 Å². The van der Waals surface area contributed by atoms with Crippen molar-refractivity contribution in [2.45, 2.75) is 19.8 Å². The molecule has 0 atom stereocenters. The van der Waals surface area contributed by atoms with E-state index in [1.807, 2.05) is 23.6 Å². The van der Waals surface area contributed by atoms with Crippen LogP contribution >= 0.6 is 22.7 Å². The number of nitrogens with zero attached hydrogens (tertiary/aromatic N) is 1. The highest BCUT2D eigenvalue weighted by Gasteiger charge is 2.13. The lowest BCUT2D eigenvalue weighted by atomic mass is 10.1. The summed E-state index contributed by atoms with van der Waals surface area (Å²) in [5.74, 6) is 0.839. The fourth-order valence-electron chi connectivity index (χ4n) is 1.75. The standard InChI is InChI=1S/C13H13N3OS2/c1-7(2)8-5-12(16-15-8)14-13(17)11-6-10-9(19-11)3-4-18-10/h3-7H,1-2H3,(H2,14,15,16,17). The fraction of sp³-hybridized carbons (Fsp3) is 0.231. The summed E-state index contributed by atoms with van der Waals surface area (Å²) in [4.78, 5) is 12.8. The smallest absolute Gasteiger partial charge is 0.267 e. The highest BCUT2D eigenvalue weighted by Crippen LogP contribution is 2.30. The Hall–Kier alpha value is -1.66. The van der Waals surface area contributed by atoms with Gasteiger partial charge in [0.05, 0.1) is 4.88 Å². The number of hydrogen-bond donors (Lipinski definition) is 2. The molecule has 0 radical (unpaired) electrons. The van der Waals surface area contributed by atoms with E-state index in [1.165, 1.54) is 11.3 Å². The molecule has 0 fully saturated rings. The van der Waals surface area contributed by atoms with Gasteiger partial charge in [-0.1, -0.05) is 13.8 Å². The number of carbonyl (C=O) groups excluding carboxylic acids is 1. The molecule has 0 aliphatic heterocycles. The molecule has 3 rings (SSSR count). The zero-order chi connectivity index (χ0) is 13.4. The van der Waals surface area contributed by atoms with Crippen molar-refractivity contribution in [3.8, 4) is 0 Å². The zero-order valence-electron chi connectivity index (χ0n) is 10.6. The predicted octanol–water partition coefficient (Wildman–Crippen LogP) is 4.06. The van der Waals surface area contributed by atoms with E-state index < -0.39 is 0 Å². The summed E-state index contributed by atoms with van der Waals surface area (Å²) in [6.07, 6.45) is 0. The molecular weight excluding hydrogens is 278 g/mol. The van der Waals surface area contributed by atoms with E-state index in [0.717, 1.165) is 20.0 Å². The third kappa shape index (κ3) is 2.41. The van der Waals surface area contributed by atoms with Crippen LogP contribution in [0.2, 0.25) is 0 Å². The van der Waals surface area contributed by atoms with Crippen LogP contribution in [0.5, 0.6) is 0 Å². The van der Waals surface area contributed by atoms with Crippen molar-refractivity contribution in [3.05, 3.63) is 34.2 Å². The second kappa shape index (κ2) is 4.79. The minimum absolute atomic E-state index is 0.102. The molecule has 0 saturated heterocycles. The van der Waals surface area contributed by atoms with E-state index in [4.69, 9.17) is 0 Å². The summed E-state index contributed by atoms with van der Waals surface area (Å²) in [6.45, 7) is 4.15. The van der Waals surface area contributed by atoms with E-state index in [2.05, 4.69) is 29.4 Å². The lowest BCUT2D eigenvalue weighted by molar-refractivity contribution is 0.103. The molecular formula is C13H13N3OS2. The second-order valence-electron chi connectivity index (χ2n) is 4.58. The molecule has 0 aliphatic carbocycles. The lowest BCUT2D eigenvalue weighted by Crippen LogP contribution is -2.10. The van der Waals surface area contributed by atoms with E-state index >= 15 is 0 Å². The molecule has 0 spiro atoms. The summed E-state index contributed by atoms with van der Waals surface area (Å²) in [7, 11) is 0. The monoisotopic (exact) mass is 291 g/mol. The summed E-state index contributed by atoms with van der Waals surface area (Å²) in [5, 5.41) is 11.9. The number of carbonyl (C=O) groups is 1. The number of fused-ring (bicyclic) bond motifs is 1. The molecule has 0 bridgehead atoms. The Morgan fingerprint density at radius 3 is 2.89 bits per heavy atom. The summed E-state index contributed by atoms with van der Waals surface area (Å²) in [6, 6.07) is 5.83. The highest BCUT2D eigenvalue weighted by atomic mass is 32.1. The van der Waals surface area contributed by atoms with E-state index in [0.29, 0.717) is 11.7 Å². The summed E-state index contributed by atoms with van der Waals surface area (Å²) in [5.41, 5.74) is 1.02. The second-order valence-corrected chi connectivity index (χ2v) is 6.61. The van der Waals surface area contributed by atoms with Gasteiger partial charge in [0.15, 0.2) is 5.82 Å². The summed E-state index contributed by atoms with van der Waals surface area (Å²) >= 11 is 3.15. The first-order valence-corrected chi connectivity index (χ1v) is 7.67. The van der Waals surface area contributed by atoms with Crippen LogP contribution in [0.4, 0.5) is 5.82 Å². The van der Waals surface area contributed by atoms with Crippen molar-refractivity contribution < 1.29 is 4.79 Å². The number of hydrogen-bond acceptors (Lipinski definition) is 4. The van der Waals surface area contributed by atoms with Gasteiger partial charge in [-0.25, -0.2) is 0 Å². The first kappa shape index (κ1) is 12.4. The molecule has 0 aromatic carbocycles. The molecule has 0 aliphatic rings. The Balaban J connectivity index is 1.78. The van der Waals surface area contributed by atoms with Crippen LogP contribution in [0.25, 0.3) is 9.40 Å². The molecule has 4 nitrogen and oxygen atoms in total. The number of amides is 1. The van der Waals surface area contributed by atoms with Gasteiger partial charge in [0.1, 0.15) is 0 Å². The van der Waals surface area contributed by atoms with Gasteiger partial charge in [-0.05, 0) is 23.4 Å². The highest BCUT2D eigenvalue weighted by molar-refractivity contribution is 7.27. The van der Waals surface area contributed by atoms with Crippen molar-refractivity contribution >= 4 is 43.8 Å². The maximum Gasteiger partial charge on any atom is 0.267 e. The zero-order valence-corrected chi connectivity index (χ0v) is 12.2. The van der Waals surface area contributed by atoms with Gasteiger partial charge in [0.2, 0.25) is 0 Å². The Morgan fingerprint density at radius 2 is 2.21 bits per heavy atom. The van der Waals surface area contributed by atoms with Gasteiger partial charge >= 0.3 is 0 Å². The van der Waals surface area contributed by atoms with E-state index in [9.17, 15) is 4.79 Å². The summed E-state index contributed by atoms with van der Waals surface area (Å²) < 4.78 is 2.31. The number of aromatic amines is 1. The lowest BCUT2D eigenvalue weighted by Gasteiger charge is -1.98. The number of nitrogens with one attached hydrogen (secondary N) is 2. The number of H-pyrrole nitrogens is 1. The Kier molecular flexibility index (Phi) is 3.12. The first-order valence-electron chi connectivity index (χ1n) is 5.97.